The van der Waals surface area contributed by atoms with Crippen molar-refractivity contribution in [2.24, 2.45) is 0 Å². The standard InChI is InChI=1S/C27H25F2N7O2/c1-17-12-18(6-7-21(17)37-19-8-11-36-24(13-19)31-16-33-36)34-26-25-20(30-15-32-26)4-3-5-22(25)38-23-9-10-35(2)14-27(23,28)29/h3-8,11-13,15-16,23H,9-10,14H2,1-2H3,(H,30,32,34). The molecule has 6 rings (SSSR count). The van der Waals surface area contributed by atoms with E-state index < -0.39 is 12.0 Å². The van der Waals surface area contributed by atoms with E-state index in [-0.39, 0.29) is 13.0 Å². The van der Waals surface area contributed by atoms with E-state index in [0.717, 1.165) is 11.3 Å². The van der Waals surface area contributed by atoms with Gasteiger partial charge in [-0.2, -0.15) is 5.10 Å². The molecule has 0 amide bonds. The first-order valence-corrected chi connectivity index (χ1v) is 12.2. The van der Waals surface area contributed by atoms with Crippen LogP contribution >= 0.6 is 0 Å². The average molecular weight is 518 g/mol. The Morgan fingerprint density at radius 2 is 1.92 bits per heavy atom. The van der Waals surface area contributed by atoms with Gasteiger partial charge in [-0.3, -0.25) is 0 Å². The molecule has 5 aromatic rings. The number of fused-ring (bicyclic) bond motifs is 2. The molecule has 2 aromatic carbocycles. The van der Waals surface area contributed by atoms with E-state index in [1.54, 1.807) is 46.9 Å². The Bertz CT molecular complexity index is 1620. The van der Waals surface area contributed by atoms with Crippen molar-refractivity contribution in [2.45, 2.75) is 25.4 Å². The molecular weight excluding hydrogens is 492 g/mol. The van der Waals surface area contributed by atoms with Gasteiger partial charge in [-0.05, 0) is 55.9 Å². The Morgan fingerprint density at radius 3 is 2.76 bits per heavy atom. The number of aryl methyl sites for hydroxylation is 1. The summed E-state index contributed by atoms with van der Waals surface area (Å²) in [6, 6.07) is 14.5. The molecular formula is C27H25F2N7O2. The average Bonchev–Trinajstić information content (AvgIpc) is 3.35. The van der Waals surface area contributed by atoms with E-state index in [1.807, 2.05) is 31.2 Å². The van der Waals surface area contributed by atoms with Gasteiger partial charge in [0.2, 0.25) is 0 Å². The summed E-state index contributed by atoms with van der Waals surface area (Å²) in [5.74, 6) is -0.860. The van der Waals surface area contributed by atoms with E-state index >= 15 is 0 Å². The van der Waals surface area contributed by atoms with Crippen molar-refractivity contribution in [3.8, 4) is 17.2 Å². The van der Waals surface area contributed by atoms with Gasteiger partial charge in [-0.25, -0.2) is 28.2 Å². The van der Waals surface area contributed by atoms with Crippen LogP contribution in [0.15, 0.2) is 67.4 Å². The Kier molecular flexibility index (Phi) is 5.99. The smallest absolute Gasteiger partial charge is 0.296 e. The van der Waals surface area contributed by atoms with Gasteiger partial charge < -0.3 is 19.7 Å². The highest BCUT2D eigenvalue weighted by atomic mass is 19.3. The molecule has 0 aliphatic carbocycles. The predicted octanol–water partition coefficient (Wildman–Crippen LogP) is 5.24. The van der Waals surface area contributed by atoms with E-state index in [2.05, 4.69) is 25.4 Å². The number of benzene rings is 2. The Labute approximate surface area is 217 Å². The first-order chi connectivity index (χ1) is 18.4. The molecule has 0 saturated carbocycles. The molecule has 0 radical (unpaired) electrons. The topological polar surface area (TPSA) is 89.7 Å². The van der Waals surface area contributed by atoms with Crippen molar-refractivity contribution in [1.29, 1.82) is 0 Å². The van der Waals surface area contributed by atoms with Crippen molar-refractivity contribution in [2.75, 3.05) is 25.5 Å². The number of likely N-dealkylation sites (tertiary alicyclic amines) is 1. The second kappa shape index (κ2) is 9.49. The third kappa shape index (κ3) is 4.68. The molecule has 194 valence electrons. The lowest BCUT2D eigenvalue weighted by Gasteiger charge is -2.36. The zero-order chi connectivity index (χ0) is 26.3. The molecule has 1 saturated heterocycles. The monoisotopic (exact) mass is 517 g/mol. The number of hydrogen-bond donors (Lipinski definition) is 1. The molecule has 0 bridgehead atoms. The number of rotatable bonds is 6. The summed E-state index contributed by atoms with van der Waals surface area (Å²) in [4.78, 5) is 14.5. The molecule has 11 heteroatoms. The van der Waals surface area contributed by atoms with Crippen LogP contribution in [-0.4, -0.2) is 61.6 Å². The van der Waals surface area contributed by atoms with Crippen LogP contribution in [-0.2, 0) is 0 Å². The van der Waals surface area contributed by atoms with Gasteiger partial charge in [0.1, 0.15) is 35.7 Å². The highest BCUT2D eigenvalue weighted by Gasteiger charge is 2.45. The first-order valence-electron chi connectivity index (χ1n) is 12.2. The molecule has 3 aromatic heterocycles. The van der Waals surface area contributed by atoms with Gasteiger partial charge in [0.05, 0.1) is 17.4 Å². The largest absolute Gasteiger partial charge is 0.483 e. The Hall–Kier alpha value is -4.38. The molecule has 1 aliphatic rings. The molecule has 1 N–H and O–H groups in total. The van der Waals surface area contributed by atoms with Crippen molar-refractivity contribution in [1.82, 2.24) is 29.5 Å². The quantitative estimate of drug-likeness (QED) is 0.327. The van der Waals surface area contributed by atoms with Crippen molar-refractivity contribution in [3.05, 3.63) is 72.9 Å². The van der Waals surface area contributed by atoms with Crippen molar-refractivity contribution >= 4 is 28.1 Å². The summed E-state index contributed by atoms with van der Waals surface area (Å²) in [7, 11) is 1.69. The number of nitrogens with one attached hydrogen (secondary N) is 1. The molecule has 1 fully saturated rings. The number of piperidine rings is 1. The van der Waals surface area contributed by atoms with Crippen molar-refractivity contribution < 1.29 is 18.3 Å². The lowest BCUT2D eigenvalue weighted by Crippen LogP contribution is -2.52. The van der Waals surface area contributed by atoms with Gasteiger partial charge in [0.15, 0.2) is 11.8 Å². The maximum Gasteiger partial charge on any atom is 0.296 e. The van der Waals surface area contributed by atoms with Crippen LogP contribution in [0.5, 0.6) is 17.2 Å². The van der Waals surface area contributed by atoms with Gasteiger partial charge in [-0.15, -0.1) is 0 Å². The number of halogens is 2. The fourth-order valence-corrected chi connectivity index (χ4v) is 4.62. The van der Waals surface area contributed by atoms with Crippen LogP contribution in [0.3, 0.4) is 0 Å². The molecule has 1 atom stereocenters. The number of nitrogens with zero attached hydrogens (tertiary/aromatic N) is 6. The maximum atomic E-state index is 14.7. The molecule has 0 spiro atoms. The van der Waals surface area contributed by atoms with Crippen LogP contribution in [0.1, 0.15) is 12.0 Å². The highest BCUT2D eigenvalue weighted by molar-refractivity contribution is 5.95. The first kappa shape index (κ1) is 24.0. The van der Waals surface area contributed by atoms with E-state index in [9.17, 15) is 8.78 Å². The summed E-state index contributed by atoms with van der Waals surface area (Å²) in [5, 5.41) is 7.94. The van der Waals surface area contributed by atoms with Crippen LogP contribution in [0.4, 0.5) is 20.3 Å². The summed E-state index contributed by atoms with van der Waals surface area (Å²) < 4.78 is 43.1. The predicted molar refractivity (Wildman–Crippen MR) is 139 cm³/mol. The zero-order valence-corrected chi connectivity index (χ0v) is 20.8. The fourth-order valence-electron chi connectivity index (χ4n) is 4.62. The van der Waals surface area contributed by atoms with Crippen LogP contribution in [0.25, 0.3) is 16.6 Å². The number of ether oxygens (including phenoxy) is 2. The molecule has 1 aliphatic heterocycles. The number of hydrogen-bond acceptors (Lipinski definition) is 8. The minimum atomic E-state index is -2.97. The van der Waals surface area contributed by atoms with E-state index in [4.69, 9.17) is 9.47 Å². The Balaban J connectivity index is 1.26. The number of aromatic nitrogens is 5. The normalized spacial score (nSPS) is 17.5. The van der Waals surface area contributed by atoms with E-state index in [0.29, 0.717) is 46.2 Å². The molecule has 4 heterocycles. The fraction of sp³-hybridized carbons (Fsp3) is 0.259. The summed E-state index contributed by atoms with van der Waals surface area (Å²) in [5.41, 5.74) is 2.92. The Morgan fingerprint density at radius 1 is 1.03 bits per heavy atom. The summed E-state index contributed by atoms with van der Waals surface area (Å²) in [6.07, 6.45) is 3.69. The summed E-state index contributed by atoms with van der Waals surface area (Å²) >= 11 is 0. The number of anilines is 2. The van der Waals surface area contributed by atoms with Crippen molar-refractivity contribution in [3.63, 3.8) is 0 Å². The zero-order valence-electron chi connectivity index (χ0n) is 20.8. The minimum absolute atomic E-state index is 0.223. The minimum Gasteiger partial charge on any atom is -0.483 e. The second-order valence-electron chi connectivity index (χ2n) is 9.40. The number of alkyl halides is 2. The highest BCUT2D eigenvalue weighted by Crippen LogP contribution is 2.37. The van der Waals surface area contributed by atoms with Gasteiger partial charge in [-0.1, -0.05) is 6.07 Å². The third-order valence-electron chi connectivity index (χ3n) is 6.54. The summed E-state index contributed by atoms with van der Waals surface area (Å²) in [6.45, 7) is 2.13. The second-order valence-corrected chi connectivity index (χ2v) is 9.40. The van der Waals surface area contributed by atoms with E-state index in [1.165, 1.54) is 12.7 Å². The maximum absolute atomic E-state index is 14.7. The SMILES string of the molecule is Cc1cc(Nc2ncnc3cccc(OC4CCN(C)CC4(F)F)c23)ccc1Oc1ccn2ncnc2c1. The molecule has 9 nitrogen and oxygen atoms in total. The number of pyridine rings is 1. The van der Waals surface area contributed by atoms with Gasteiger partial charge >= 0.3 is 0 Å². The van der Waals surface area contributed by atoms with Gasteiger partial charge in [0, 0.05) is 30.9 Å². The lowest BCUT2D eigenvalue weighted by molar-refractivity contribution is -0.134. The molecule has 1 unspecified atom stereocenters. The lowest BCUT2D eigenvalue weighted by atomic mass is 10.0. The third-order valence-corrected chi connectivity index (χ3v) is 6.54. The van der Waals surface area contributed by atoms with Crippen LogP contribution < -0.4 is 14.8 Å². The van der Waals surface area contributed by atoms with Crippen LogP contribution in [0.2, 0.25) is 0 Å². The molecule has 38 heavy (non-hydrogen) atoms. The van der Waals surface area contributed by atoms with Gasteiger partial charge in [0.25, 0.3) is 5.92 Å². The van der Waals surface area contributed by atoms with Crippen LogP contribution in [0, 0.1) is 6.92 Å².